The maximum absolute atomic E-state index is 10.9. The Labute approximate surface area is 112 Å². The fourth-order valence-electron chi connectivity index (χ4n) is 1.89. The molecule has 98 valence electrons. The largest absolute Gasteiger partial charge is 0.486 e. The van der Waals surface area contributed by atoms with Crippen LogP contribution in [0.5, 0.6) is 11.5 Å². The molecule has 1 aliphatic heterocycles. The Morgan fingerprint density at radius 1 is 1.37 bits per heavy atom. The van der Waals surface area contributed by atoms with Crippen LogP contribution in [-0.4, -0.2) is 34.5 Å². The average Bonchev–Trinajstić information content (AvgIpc) is 2.88. The summed E-state index contributed by atoms with van der Waals surface area (Å²) >= 11 is 6.15. The average molecular weight is 281 g/mol. The zero-order chi connectivity index (χ0) is 13.4. The number of carbonyl (C=O) groups is 1. The molecule has 2 aromatic rings. The van der Waals surface area contributed by atoms with E-state index in [1.165, 1.54) is 6.07 Å². The van der Waals surface area contributed by atoms with Crippen LogP contribution >= 0.6 is 11.6 Å². The van der Waals surface area contributed by atoms with Crippen LogP contribution in [0.25, 0.3) is 11.3 Å². The predicted molar refractivity (Wildman–Crippen MR) is 67.0 cm³/mol. The molecular formula is C12H9ClN2O4. The molecule has 0 radical (unpaired) electrons. The summed E-state index contributed by atoms with van der Waals surface area (Å²) in [5, 5.41) is 15.7. The van der Waals surface area contributed by atoms with Crippen LogP contribution in [0.15, 0.2) is 18.2 Å². The van der Waals surface area contributed by atoms with Crippen molar-refractivity contribution < 1.29 is 19.4 Å². The van der Waals surface area contributed by atoms with E-state index in [1.54, 1.807) is 12.1 Å². The van der Waals surface area contributed by atoms with Crippen molar-refractivity contribution in [3.63, 3.8) is 0 Å². The maximum atomic E-state index is 10.9. The van der Waals surface area contributed by atoms with Crippen molar-refractivity contribution in [2.24, 2.45) is 0 Å². The van der Waals surface area contributed by atoms with E-state index in [2.05, 4.69) is 10.2 Å². The number of halogens is 1. The first-order valence-corrected chi connectivity index (χ1v) is 5.92. The summed E-state index contributed by atoms with van der Waals surface area (Å²) in [5.74, 6) is -0.0236. The van der Waals surface area contributed by atoms with Gasteiger partial charge in [0.2, 0.25) is 0 Å². The number of carboxylic acid groups (broad SMARTS) is 1. The summed E-state index contributed by atoms with van der Waals surface area (Å²) in [7, 11) is 0. The van der Waals surface area contributed by atoms with E-state index in [-0.39, 0.29) is 5.69 Å². The summed E-state index contributed by atoms with van der Waals surface area (Å²) < 4.78 is 11.0. The number of hydrogen-bond acceptors (Lipinski definition) is 4. The maximum Gasteiger partial charge on any atom is 0.353 e. The number of carboxylic acids is 1. The number of benzene rings is 1. The summed E-state index contributed by atoms with van der Waals surface area (Å²) in [6, 6.07) is 4.78. The van der Waals surface area contributed by atoms with Crippen LogP contribution in [0.2, 0.25) is 5.02 Å². The summed E-state index contributed by atoms with van der Waals surface area (Å²) in [6.07, 6.45) is 0. The van der Waals surface area contributed by atoms with E-state index < -0.39 is 5.97 Å². The van der Waals surface area contributed by atoms with Gasteiger partial charge in [0.25, 0.3) is 0 Å². The fourth-order valence-corrected chi connectivity index (χ4v) is 2.14. The number of nitrogens with zero attached hydrogens (tertiary/aromatic N) is 1. The van der Waals surface area contributed by atoms with Gasteiger partial charge in [-0.05, 0) is 18.2 Å². The number of nitrogens with one attached hydrogen (secondary N) is 1. The molecule has 1 aromatic heterocycles. The molecule has 0 unspecified atom stereocenters. The lowest BCUT2D eigenvalue weighted by Gasteiger charge is -2.21. The number of H-pyrrole nitrogens is 1. The summed E-state index contributed by atoms with van der Waals surface area (Å²) in [5.41, 5.74) is 0.924. The van der Waals surface area contributed by atoms with Crippen LogP contribution in [0, 0.1) is 0 Å². The lowest BCUT2D eigenvalue weighted by Crippen LogP contribution is -2.16. The molecule has 0 spiro atoms. The third-order valence-electron chi connectivity index (χ3n) is 2.72. The number of hydrogen-bond donors (Lipinski definition) is 2. The van der Waals surface area contributed by atoms with Gasteiger partial charge in [-0.3, -0.25) is 5.10 Å². The van der Waals surface area contributed by atoms with E-state index in [4.69, 9.17) is 26.2 Å². The van der Waals surface area contributed by atoms with Gasteiger partial charge in [0.1, 0.15) is 18.9 Å². The van der Waals surface area contributed by atoms with E-state index in [0.717, 1.165) is 0 Å². The molecule has 0 amide bonds. The standard InChI is InChI=1S/C12H9ClN2O4/c13-6-1-2-9-11(19-4-3-18-9)10(6)7-5-8(12(16)17)15-14-7/h1-2,5H,3-4H2,(H,14,15)(H,16,17). The van der Waals surface area contributed by atoms with Crippen molar-refractivity contribution in [3.8, 4) is 22.8 Å². The van der Waals surface area contributed by atoms with Crippen molar-refractivity contribution in [1.29, 1.82) is 0 Å². The molecule has 0 atom stereocenters. The molecule has 2 heterocycles. The minimum Gasteiger partial charge on any atom is -0.486 e. The van der Waals surface area contributed by atoms with Crippen LogP contribution in [0.4, 0.5) is 0 Å². The monoisotopic (exact) mass is 280 g/mol. The fraction of sp³-hybridized carbons (Fsp3) is 0.167. The lowest BCUT2D eigenvalue weighted by molar-refractivity contribution is 0.0690. The highest BCUT2D eigenvalue weighted by atomic mass is 35.5. The Balaban J connectivity index is 2.15. The molecule has 0 fully saturated rings. The molecule has 1 aromatic carbocycles. The van der Waals surface area contributed by atoms with Crippen molar-refractivity contribution in [2.75, 3.05) is 13.2 Å². The number of rotatable bonds is 2. The topological polar surface area (TPSA) is 84.4 Å². The van der Waals surface area contributed by atoms with Crippen LogP contribution in [0.3, 0.4) is 0 Å². The quantitative estimate of drug-likeness (QED) is 0.881. The number of fused-ring (bicyclic) bond motifs is 1. The first-order valence-electron chi connectivity index (χ1n) is 5.54. The highest BCUT2D eigenvalue weighted by Gasteiger charge is 2.22. The zero-order valence-corrected chi connectivity index (χ0v) is 10.4. The van der Waals surface area contributed by atoms with E-state index in [1.807, 2.05) is 0 Å². The second-order valence-electron chi connectivity index (χ2n) is 3.92. The van der Waals surface area contributed by atoms with Gasteiger partial charge in [0.05, 0.1) is 16.3 Å². The molecule has 0 saturated carbocycles. The van der Waals surface area contributed by atoms with Crippen molar-refractivity contribution >= 4 is 17.6 Å². The highest BCUT2D eigenvalue weighted by molar-refractivity contribution is 6.33. The van der Waals surface area contributed by atoms with Crippen molar-refractivity contribution in [2.45, 2.75) is 0 Å². The first kappa shape index (κ1) is 11.9. The zero-order valence-electron chi connectivity index (χ0n) is 9.64. The van der Waals surface area contributed by atoms with Gasteiger partial charge in [-0.2, -0.15) is 5.10 Å². The lowest BCUT2D eigenvalue weighted by atomic mass is 10.1. The van der Waals surface area contributed by atoms with Crippen LogP contribution in [-0.2, 0) is 0 Å². The van der Waals surface area contributed by atoms with Crippen molar-refractivity contribution in [1.82, 2.24) is 10.2 Å². The Hall–Kier alpha value is -2.21. The molecule has 0 bridgehead atoms. The first-order chi connectivity index (χ1) is 9.16. The van der Waals surface area contributed by atoms with E-state index >= 15 is 0 Å². The van der Waals surface area contributed by atoms with Crippen LogP contribution < -0.4 is 9.47 Å². The summed E-state index contributed by atoms with van der Waals surface area (Å²) in [4.78, 5) is 10.9. The number of aromatic nitrogens is 2. The Kier molecular flexibility index (Phi) is 2.79. The number of aromatic amines is 1. The van der Waals surface area contributed by atoms with Gasteiger partial charge >= 0.3 is 5.97 Å². The Morgan fingerprint density at radius 3 is 2.89 bits per heavy atom. The van der Waals surface area contributed by atoms with Gasteiger partial charge < -0.3 is 14.6 Å². The molecule has 19 heavy (non-hydrogen) atoms. The third kappa shape index (κ3) is 2.00. The molecular weight excluding hydrogens is 272 g/mol. The van der Waals surface area contributed by atoms with Gasteiger partial charge in [-0.1, -0.05) is 11.6 Å². The van der Waals surface area contributed by atoms with Gasteiger partial charge in [0, 0.05) is 0 Å². The van der Waals surface area contributed by atoms with Gasteiger partial charge in [0.15, 0.2) is 11.5 Å². The second-order valence-corrected chi connectivity index (χ2v) is 4.33. The minimum atomic E-state index is -1.09. The summed E-state index contributed by atoms with van der Waals surface area (Å²) in [6.45, 7) is 0.881. The Bertz CT molecular complexity index is 653. The minimum absolute atomic E-state index is 0.0135. The molecule has 1 aliphatic rings. The number of ether oxygens (including phenoxy) is 2. The normalized spacial score (nSPS) is 13.3. The smallest absolute Gasteiger partial charge is 0.353 e. The Morgan fingerprint density at radius 2 is 2.16 bits per heavy atom. The van der Waals surface area contributed by atoms with Gasteiger partial charge in [-0.15, -0.1) is 0 Å². The molecule has 0 saturated heterocycles. The molecule has 7 heteroatoms. The molecule has 6 nitrogen and oxygen atoms in total. The second kappa shape index (κ2) is 4.47. The number of aromatic carboxylic acids is 1. The van der Waals surface area contributed by atoms with Gasteiger partial charge in [-0.25, -0.2) is 4.79 Å². The molecule has 3 rings (SSSR count). The third-order valence-corrected chi connectivity index (χ3v) is 3.04. The van der Waals surface area contributed by atoms with E-state index in [9.17, 15) is 4.79 Å². The SMILES string of the molecule is O=C(O)c1cc(-c2c(Cl)ccc3c2OCCO3)n[nH]1. The highest BCUT2D eigenvalue weighted by Crippen LogP contribution is 2.43. The van der Waals surface area contributed by atoms with Crippen LogP contribution in [0.1, 0.15) is 10.5 Å². The predicted octanol–water partition coefficient (Wildman–Crippen LogP) is 2.20. The molecule has 2 N–H and O–H groups in total. The van der Waals surface area contributed by atoms with E-state index in [0.29, 0.717) is 41.0 Å². The molecule has 0 aliphatic carbocycles. The van der Waals surface area contributed by atoms with Crippen molar-refractivity contribution in [3.05, 3.63) is 28.9 Å².